The lowest BCUT2D eigenvalue weighted by Crippen LogP contribution is -1.99. The van der Waals surface area contributed by atoms with Crippen LogP contribution in [0.4, 0.5) is 10.1 Å². The Morgan fingerprint density at radius 2 is 1.85 bits per heavy atom. The highest BCUT2D eigenvalue weighted by molar-refractivity contribution is 6.37. The number of halogens is 3. The molecule has 2 rings (SSSR count). The number of nitro groups is 1. The smallest absolute Gasteiger partial charge is 0.304 e. The minimum Gasteiger partial charge on any atom is -0.486 e. The van der Waals surface area contributed by atoms with E-state index in [1.54, 1.807) is 18.2 Å². The van der Waals surface area contributed by atoms with Crippen molar-refractivity contribution in [1.29, 1.82) is 0 Å². The Morgan fingerprint density at radius 3 is 2.40 bits per heavy atom. The van der Waals surface area contributed by atoms with Crippen LogP contribution in [-0.4, -0.2) is 4.92 Å². The third-order valence-corrected chi connectivity index (χ3v) is 3.11. The van der Waals surface area contributed by atoms with Crippen LogP contribution >= 0.6 is 23.2 Å². The molecule has 7 heteroatoms. The molecule has 0 amide bonds. The summed E-state index contributed by atoms with van der Waals surface area (Å²) in [5, 5.41) is 11.2. The Hall–Kier alpha value is -1.85. The summed E-state index contributed by atoms with van der Waals surface area (Å²) in [6.07, 6.45) is 0. The molecule has 0 aliphatic carbocycles. The summed E-state index contributed by atoms with van der Waals surface area (Å²) >= 11 is 11.8. The van der Waals surface area contributed by atoms with Gasteiger partial charge in [-0.25, -0.2) is 0 Å². The van der Waals surface area contributed by atoms with E-state index in [2.05, 4.69) is 0 Å². The summed E-state index contributed by atoms with van der Waals surface area (Å²) in [5.74, 6) is -0.629. The van der Waals surface area contributed by atoms with Gasteiger partial charge >= 0.3 is 5.69 Å². The van der Waals surface area contributed by atoms with Crippen molar-refractivity contribution < 1.29 is 14.1 Å². The molecule has 104 valence electrons. The molecule has 0 N–H and O–H groups in total. The fourth-order valence-corrected chi connectivity index (χ4v) is 2.07. The quantitative estimate of drug-likeness (QED) is 0.611. The van der Waals surface area contributed by atoms with Crippen LogP contribution in [0.15, 0.2) is 36.4 Å². The average Bonchev–Trinajstić information content (AvgIpc) is 2.37. The standard InChI is InChI=1S/C13H8Cl2FNO3/c14-9-2-1-3-10(15)13(9)20-7-8-4-5-12(17(18)19)11(16)6-8/h1-6H,7H2. The molecule has 0 aliphatic heterocycles. The predicted molar refractivity (Wildman–Crippen MR) is 73.8 cm³/mol. The van der Waals surface area contributed by atoms with Crippen molar-refractivity contribution in [3.63, 3.8) is 0 Å². The van der Waals surface area contributed by atoms with E-state index in [1.807, 2.05) is 0 Å². The number of ether oxygens (including phenoxy) is 1. The van der Waals surface area contributed by atoms with Gasteiger partial charge in [-0.05, 0) is 29.8 Å². The molecule has 0 fully saturated rings. The van der Waals surface area contributed by atoms with Gasteiger partial charge in [-0.1, -0.05) is 29.3 Å². The van der Waals surface area contributed by atoms with E-state index in [9.17, 15) is 14.5 Å². The van der Waals surface area contributed by atoms with Crippen LogP contribution < -0.4 is 4.74 Å². The van der Waals surface area contributed by atoms with Crippen molar-refractivity contribution in [3.05, 3.63) is 67.9 Å². The SMILES string of the molecule is O=[N+]([O-])c1ccc(COc2c(Cl)cccc2Cl)cc1F. The third kappa shape index (κ3) is 3.18. The number of nitro benzene ring substituents is 1. The van der Waals surface area contributed by atoms with Crippen LogP contribution in [0.5, 0.6) is 5.75 Å². The summed E-state index contributed by atoms with van der Waals surface area (Å²) in [5.41, 5.74) is -0.145. The van der Waals surface area contributed by atoms with E-state index in [0.29, 0.717) is 15.6 Å². The van der Waals surface area contributed by atoms with Crippen molar-refractivity contribution in [3.8, 4) is 5.75 Å². The fourth-order valence-electron chi connectivity index (χ4n) is 1.56. The number of nitrogens with zero attached hydrogens (tertiary/aromatic N) is 1. The van der Waals surface area contributed by atoms with Crippen molar-refractivity contribution in [2.75, 3.05) is 0 Å². The summed E-state index contributed by atoms with van der Waals surface area (Å²) in [6, 6.07) is 8.43. The Morgan fingerprint density at radius 1 is 1.20 bits per heavy atom. The molecule has 0 unspecified atom stereocenters. The van der Waals surface area contributed by atoms with E-state index in [4.69, 9.17) is 27.9 Å². The molecular weight excluding hydrogens is 308 g/mol. The first-order chi connectivity index (χ1) is 9.49. The maximum absolute atomic E-state index is 13.4. The van der Waals surface area contributed by atoms with Crippen LogP contribution in [0.1, 0.15) is 5.56 Å². The second-order valence-electron chi connectivity index (χ2n) is 3.88. The second kappa shape index (κ2) is 6.07. The van der Waals surface area contributed by atoms with Crippen LogP contribution in [0.2, 0.25) is 10.0 Å². The van der Waals surface area contributed by atoms with Crippen molar-refractivity contribution in [2.24, 2.45) is 0 Å². The first-order valence-corrected chi connectivity index (χ1v) is 6.24. The Kier molecular flexibility index (Phi) is 4.42. The average molecular weight is 316 g/mol. The van der Waals surface area contributed by atoms with E-state index in [-0.39, 0.29) is 12.4 Å². The van der Waals surface area contributed by atoms with E-state index in [0.717, 1.165) is 12.1 Å². The monoisotopic (exact) mass is 315 g/mol. The van der Waals surface area contributed by atoms with Crippen molar-refractivity contribution in [1.82, 2.24) is 0 Å². The van der Waals surface area contributed by atoms with Gasteiger partial charge in [0.15, 0.2) is 5.75 Å². The van der Waals surface area contributed by atoms with Gasteiger partial charge in [0.1, 0.15) is 6.61 Å². The molecule has 2 aromatic carbocycles. The molecule has 0 heterocycles. The Bertz CT molecular complexity index is 644. The lowest BCUT2D eigenvalue weighted by atomic mass is 10.2. The van der Waals surface area contributed by atoms with Crippen LogP contribution in [0, 0.1) is 15.9 Å². The molecule has 20 heavy (non-hydrogen) atoms. The van der Waals surface area contributed by atoms with E-state index >= 15 is 0 Å². The molecule has 0 saturated heterocycles. The van der Waals surface area contributed by atoms with Gasteiger partial charge in [0, 0.05) is 6.07 Å². The normalized spacial score (nSPS) is 10.3. The van der Waals surface area contributed by atoms with Crippen LogP contribution in [0.25, 0.3) is 0 Å². The number of rotatable bonds is 4. The maximum atomic E-state index is 13.4. The fraction of sp³-hybridized carbons (Fsp3) is 0.0769. The Labute approximate surface area is 123 Å². The van der Waals surface area contributed by atoms with Gasteiger partial charge in [0.25, 0.3) is 0 Å². The van der Waals surface area contributed by atoms with Crippen molar-refractivity contribution in [2.45, 2.75) is 6.61 Å². The minimum absolute atomic E-state index is 0.00162. The highest BCUT2D eigenvalue weighted by Crippen LogP contribution is 2.33. The van der Waals surface area contributed by atoms with Gasteiger partial charge in [0.05, 0.1) is 15.0 Å². The zero-order chi connectivity index (χ0) is 14.7. The number of para-hydroxylation sites is 1. The van der Waals surface area contributed by atoms with Gasteiger partial charge in [-0.3, -0.25) is 10.1 Å². The molecule has 0 saturated carbocycles. The third-order valence-electron chi connectivity index (χ3n) is 2.51. The van der Waals surface area contributed by atoms with Gasteiger partial charge in [-0.15, -0.1) is 0 Å². The number of benzene rings is 2. The predicted octanol–water partition coefficient (Wildman–Crippen LogP) is 4.62. The molecule has 0 spiro atoms. The molecule has 0 bridgehead atoms. The molecule has 0 aliphatic rings. The first kappa shape index (κ1) is 14.6. The summed E-state index contributed by atoms with van der Waals surface area (Å²) in [6.45, 7) is -0.00162. The largest absolute Gasteiger partial charge is 0.486 e. The molecule has 2 aromatic rings. The lowest BCUT2D eigenvalue weighted by Gasteiger charge is -2.09. The zero-order valence-corrected chi connectivity index (χ0v) is 11.5. The molecule has 0 radical (unpaired) electrons. The summed E-state index contributed by atoms with van der Waals surface area (Å²) in [4.78, 5) is 9.71. The van der Waals surface area contributed by atoms with Crippen LogP contribution in [0.3, 0.4) is 0 Å². The van der Waals surface area contributed by atoms with Crippen molar-refractivity contribution >= 4 is 28.9 Å². The Balaban J connectivity index is 2.16. The zero-order valence-electron chi connectivity index (χ0n) is 9.98. The minimum atomic E-state index is -0.915. The van der Waals surface area contributed by atoms with Gasteiger partial charge in [-0.2, -0.15) is 4.39 Å². The lowest BCUT2D eigenvalue weighted by molar-refractivity contribution is -0.387. The van der Waals surface area contributed by atoms with E-state index < -0.39 is 16.4 Å². The van der Waals surface area contributed by atoms with Crippen LogP contribution in [-0.2, 0) is 6.61 Å². The highest BCUT2D eigenvalue weighted by atomic mass is 35.5. The molecular formula is C13H8Cl2FNO3. The van der Waals surface area contributed by atoms with Gasteiger partial charge in [0.2, 0.25) is 5.82 Å². The summed E-state index contributed by atoms with van der Waals surface area (Å²) < 4.78 is 18.8. The summed E-state index contributed by atoms with van der Waals surface area (Å²) in [7, 11) is 0. The van der Waals surface area contributed by atoms with Gasteiger partial charge < -0.3 is 4.74 Å². The highest BCUT2D eigenvalue weighted by Gasteiger charge is 2.14. The first-order valence-electron chi connectivity index (χ1n) is 5.48. The number of hydrogen-bond donors (Lipinski definition) is 0. The molecule has 0 atom stereocenters. The topological polar surface area (TPSA) is 52.4 Å². The second-order valence-corrected chi connectivity index (χ2v) is 4.70. The van der Waals surface area contributed by atoms with E-state index in [1.165, 1.54) is 6.07 Å². The molecule has 0 aromatic heterocycles. The number of hydrogen-bond acceptors (Lipinski definition) is 3. The molecule has 4 nitrogen and oxygen atoms in total. The maximum Gasteiger partial charge on any atom is 0.304 e.